The summed E-state index contributed by atoms with van der Waals surface area (Å²) in [6.45, 7) is 0. The summed E-state index contributed by atoms with van der Waals surface area (Å²) in [7, 11) is 0. The van der Waals surface area contributed by atoms with E-state index in [1.165, 1.54) is 23.1 Å². The molecule has 2 aromatic rings. The van der Waals surface area contributed by atoms with Crippen molar-refractivity contribution in [1.29, 1.82) is 0 Å². The van der Waals surface area contributed by atoms with Gasteiger partial charge < -0.3 is 11.1 Å². The number of halogens is 1. The van der Waals surface area contributed by atoms with E-state index >= 15 is 0 Å². The minimum absolute atomic E-state index is 0.0945. The number of aromatic nitrogens is 1. The molecular formula is C11H10ClN3OS2. The maximum Gasteiger partial charge on any atom is 0.236 e. The second-order valence-corrected chi connectivity index (χ2v) is 5.71. The SMILES string of the molecule is Nc1ccc(SCC(=O)Nc2nccs2)cc1Cl. The molecule has 1 amide bonds. The van der Waals surface area contributed by atoms with Crippen LogP contribution in [-0.4, -0.2) is 16.6 Å². The number of carbonyl (C=O) groups excluding carboxylic acids is 1. The van der Waals surface area contributed by atoms with E-state index in [1.807, 2.05) is 11.4 Å². The van der Waals surface area contributed by atoms with E-state index < -0.39 is 0 Å². The van der Waals surface area contributed by atoms with Gasteiger partial charge in [-0.05, 0) is 18.2 Å². The zero-order valence-corrected chi connectivity index (χ0v) is 11.6. The summed E-state index contributed by atoms with van der Waals surface area (Å²) in [5.74, 6) is 0.211. The summed E-state index contributed by atoms with van der Waals surface area (Å²) < 4.78 is 0. The molecule has 0 saturated heterocycles. The van der Waals surface area contributed by atoms with Crippen LogP contribution in [0.2, 0.25) is 5.02 Å². The number of carbonyl (C=O) groups is 1. The molecule has 0 spiro atoms. The van der Waals surface area contributed by atoms with Gasteiger partial charge in [-0.2, -0.15) is 0 Å². The van der Waals surface area contributed by atoms with Crippen molar-refractivity contribution in [3.63, 3.8) is 0 Å². The highest BCUT2D eigenvalue weighted by atomic mass is 35.5. The van der Waals surface area contributed by atoms with Crippen LogP contribution >= 0.6 is 34.7 Å². The molecule has 7 heteroatoms. The van der Waals surface area contributed by atoms with Crippen molar-refractivity contribution in [1.82, 2.24) is 4.98 Å². The smallest absolute Gasteiger partial charge is 0.236 e. The molecule has 0 saturated carbocycles. The Morgan fingerprint density at radius 3 is 3.06 bits per heavy atom. The zero-order valence-electron chi connectivity index (χ0n) is 9.22. The molecule has 1 heterocycles. The number of thioether (sulfide) groups is 1. The maximum atomic E-state index is 11.6. The average molecular weight is 300 g/mol. The highest BCUT2D eigenvalue weighted by Crippen LogP contribution is 2.26. The Balaban J connectivity index is 1.87. The summed E-state index contributed by atoms with van der Waals surface area (Å²) in [5, 5.41) is 5.62. The third kappa shape index (κ3) is 3.63. The molecule has 0 fully saturated rings. The molecule has 1 aromatic heterocycles. The molecule has 0 radical (unpaired) electrons. The topological polar surface area (TPSA) is 68.0 Å². The van der Waals surface area contributed by atoms with E-state index in [4.69, 9.17) is 17.3 Å². The van der Waals surface area contributed by atoms with Crippen LogP contribution in [0.25, 0.3) is 0 Å². The molecular weight excluding hydrogens is 290 g/mol. The van der Waals surface area contributed by atoms with Gasteiger partial charge in [-0.3, -0.25) is 4.79 Å². The van der Waals surface area contributed by atoms with Gasteiger partial charge in [-0.25, -0.2) is 4.98 Å². The van der Waals surface area contributed by atoms with Crippen LogP contribution in [0.3, 0.4) is 0 Å². The van der Waals surface area contributed by atoms with Crippen molar-refractivity contribution in [2.45, 2.75) is 4.90 Å². The molecule has 0 bridgehead atoms. The number of nitrogens with one attached hydrogen (secondary N) is 1. The Bertz CT molecular complexity index is 545. The fourth-order valence-corrected chi connectivity index (χ4v) is 2.71. The van der Waals surface area contributed by atoms with Crippen LogP contribution in [0.15, 0.2) is 34.7 Å². The predicted octanol–water partition coefficient (Wildman–Crippen LogP) is 3.11. The summed E-state index contributed by atoms with van der Waals surface area (Å²) in [6.07, 6.45) is 1.65. The largest absolute Gasteiger partial charge is 0.398 e. The van der Waals surface area contributed by atoms with Gasteiger partial charge in [0, 0.05) is 16.5 Å². The second kappa shape index (κ2) is 6.08. The molecule has 0 aliphatic rings. The average Bonchev–Trinajstić information content (AvgIpc) is 2.83. The minimum atomic E-state index is -0.0945. The number of nitrogens with two attached hydrogens (primary N) is 1. The first-order valence-corrected chi connectivity index (χ1v) is 7.26. The van der Waals surface area contributed by atoms with Crippen molar-refractivity contribution in [3.05, 3.63) is 34.8 Å². The van der Waals surface area contributed by atoms with Gasteiger partial charge in [0.2, 0.25) is 5.91 Å². The number of nitrogens with zero attached hydrogens (tertiary/aromatic N) is 1. The van der Waals surface area contributed by atoms with Crippen LogP contribution in [0.4, 0.5) is 10.8 Å². The molecule has 3 N–H and O–H groups in total. The number of hydrogen-bond donors (Lipinski definition) is 2. The first-order chi connectivity index (χ1) is 8.65. The molecule has 2 rings (SSSR count). The standard InChI is InChI=1S/C11H10ClN3OS2/c12-8-5-7(1-2-9(8)13)18-6-10(16)15-11-14-3-4-17-11/h1-5H,6,13H2,(H,14,15,16). The van der Waals surface area contributed by atoms with Gasteiger partial charge in [-0.15, -0.1) is 23.1 Å². The normalized spacial score (nSPS) is 10.3. The lowest BCUT2D eigenvalue weighted by Crippen LogP contribution is -2.13. The van der Waals surface area contributed by atoms with Crippen molar-refractivity contribution in [2.24, 2.45) is 0 Å². The lowest BCUT2D eigenvalue weighted by Gasteiger charge is -2.04. The monoisotopic (exact) mass is 299 g/mol. The Hall–Kier alpha value is -1.24. The lowest BCUT2D eigenvalue weighted by atomic mass is 10.3. The third-order valence-electron chi connectivity index (χ3n) is 2.02. The van der Waals surface area contributed by atoms with Crippen LogP contribution in [0.5, 0.6) is 0 Å². The molecule has 0 aliphatic carbocycles. The highest BCUT2D eigenvalue weighted by Gasteiger charge is 2.06. The predicted molar refractivity (Wildman–Crippen MR) is 77.3 cm³/mol. The Morgan fingerprint density at radius 1 is 1.56 bits per heavy atom. The van der Waals surface area contributed by atoms with Gasteiger partial charge in [0.1, 0.15) is 0 Å². The first kappa shape index (κ1) is 13.2. The Kier molecular flexibility index (Phi) is 4.46. The van der Waals surface area contributed by atoms with Gasteiger partial charge in [-0.1, -0.05) is 11.6 Å². The number of nitrogen functional groups attached to an aromatic ring is 1. The molecule has 0 unspecified atom stereocenters. The number of hydrogen-bond acceptors (Lipinski definition) is 5. The Labute approximate surface area is 118 Å². The molecule has 18 heavy (non-hydrogen) atoms. The van der Waals surface area contributed by atoms with Gasteiger partial charge in [0.05, 0.1) is 16.5 Å². The summed E-state index contributed by atoms with van der Waals surface area (Å²) in [6, 6.07) is 5.31. The van der Waals surface area contributed by atoms with Crippen LogP contribution in [0, 0.1) is 0 Å². The fourth-order valence-electron chi connectivity index (χ4n) is 1.19. The van der Waals surface area contributed by atoms with Gasteiger partial charge in [0.15, 0.2) is 5.13 Å². The Morgan fingerprint density at radius 2 is 2.39 bits per heavy atom. The summed E-state index contributed by atoms with van der Waals surface area (Å²) >= 11 is 8.68. The zero-order chi connectivity index (χ0) is 13.0. The third-order valence-corrected chi connectivity index (χ3v) is 4.03. The summed E-state index contributed by atoms with van der Waals surface area (Å²) in [4.78, 5) is 16.5. The summed E-state index contributed by atoms with van der Waals surface area (Å²) in [5.41, 5.74) is 6.14. The van der Waals surface area contributed by atoms with E-state index in [0.29, 0.717) is 21.6 Å². The van der Waals surface area contributed by atoms with E-state index in [0.717, 1.165) is 4.90 Å². The van der Waals surface area contributed by atoms with Crippen molar-refractivity contribution in [3.8, 4) is 0 Å². The molecule has 0 aliphatic heterocycles. The van der Waals surface area contributed by atoms with E-state index in [9.17, 15) is 4.79 Å². The van der Waals surface area contributed by atoms with Crippen LogP contribution in [0.1, 0.15) is 0 Å². The number of thiazole rings is 1. The number of amides is 1. The number of anilines is 2. The molecule has 0 atom stereocenters. The van der Waals surface area contributed by atoms with Crippen LogP contribution < -0.4 is 11.1 Å². The lowest BCUT2D eigenvalue weighted by molar-refractivity contribution is -0.113. The molecule has 4 nitrogen and oxygen atoms in total. The fraction of sp³-hybridized carbons (Fsp3) is 0.0909. The molecule has 94 valence electrons. The second-order valence-electron chi connectivity index (χ2n) is 3.36. The van der Waals surface area contributed by atoms with E-state index in [2.05, 4.69) is 10.3 Å². The highest BCUT2D eigenvalue weighted by molar-refractivity contribution is 8.00. The number of rotatable bonds is 4. The van der Waals surface area contributed by atoms with Crippen molar-refractivity contribution >= 4 is 51.4 Å². The van der Waals surface area contributed by atoms with Crippen molar-refractivity contribution in [2.75, 3.05) is 16.8 Å². The van der Waals surface area contributed by atoms with Gasteiger partial charge >= 0.3 is 0 Å². The first-order valence-electron chi connectivity index (χ1n) is 5.02. The van der Waals surface area contributed by atoms with Gasteiger partial charge in [0.25, 0.3) is 0 Å². The maximum absolute atomic E-state index is 11.6. The van der Waals surface area contributed by atoms with Crippen molar-refractivity contribution < 1.29 is 4.79 Å². The van der Waals surface area contributed by atoms with E-state index in [1.54, 1.807) is 18.3 Å². The van der Waals surface area contributed by atoms with Crippen LogP contribution in [-0.2, 0) is 4.79 Å². The molecule has 1 aromatic carbocycles. The van der Waals surface area contributed by atoms with E-state index in [-0.39, 0.29) is 5.91 Å². The minimum Gasteiger partial charge on any atom is -0.398 e. The number of benzene rings is 1. The quantitative estimate of drug-likeness (QED) is 0.672.